The van der Waals surface area contributed by atoms with Crippen LogP contribution in [0.4, 0.5) is 0 Å². The lowest BCUT2D eigenvalue weighted by Gasteiger charge is -2.33. The van der Waals surface area contributed by atoms with E-state index in [2.05, 4.69) is 19.2 Å². The highest BCUT2D eigenvalue weighted by Gasteiger charge is 2.33. The van der Waals surface area contributed by atoms with E-state index in [0.29, 0.717) is 18.4 Å². The molecule has 3 heteroatoms. The summed E-state index contributed by atoms with van der Waals surface area (Å²) in [5.74, 6) is 0.00764. The van der Waals surface area contributed by atoms with Gasteiger partial charge >= 0.3 is 5.97 Å². The average Bonchev–Trinajstić information content (AvgIpc) is 2.03. The Balaban J connectivity index is 2.64. The van der Waals surface area contributed by atoms with Crippen LogP contribution in [0.5, 0.6) is 0 Å². The maximum Gasteiger partial charge on any atom is 0.308 e. The first-order chi connectivity index (χ1) is 5.66. The van der Waals surface area contributed by atoms with Gasteiger partial charge in [-0.15, -0.1) is 0 Å². The van der Waals surface area contributed by atoms with Crippen LogP contribution in [0.15, 0.2) is 0 Å². The minimum atomic E-state index is -0.652. The largest absolute Gasteiger partial charge is 0.481 e. The van der Waals surface area contributed by atoms with Crippen molar-refractivity contribution in [3.8, 4) is 0 Å². The number of nitrogens with one attached hydrogen (secondary N) is 1. The summed E-state index contributed by atoms with van der Waals surface area (Å²) in [7, 11) is 0. The topological polar surface area (TPSA) is 49.3 Å². The standard InChI is InChI=1S/C9H17NO2/c1-3-7-6(2)4-10-5-8(7)9(11)12/h6-8,10H,3-5H2,1-2H3,(H,11,12). The molecular formula is C9H17NO2. The van der Waals surface area contributed by atoms with Crippen LogP contribution in [0.25, 0.3) is 0 Å². The number of carboxylic acid groups (broad SMARTS) is 1. The van der Waals surface area contributed by atoms with Gasteiger partial charge in [-0.1, -0.05) is 20.3 Å². The first kappa shape index (κ1) is 9.52. The Morgan fingerprint density at radius 1 is 1.58 bits per heavy atom. The number of piperidine rings is 1. The van der Waals surface area contributed by atoms with Gasteiger partial charge in [0.05, 0.1) is 5.92 Å². The molecular weight excluding hydrogens is 154 g/mol. The monoisotopic (exact) mass is 171 g/mol. The highest BCUT2D eigenvalue weighted by Crippen LogP contribution is 2.27. The summed E-state index contributed by atoms with van der Waals surface area (Å²) in [6.45, 7) is 5.79. The fourth-order valence-electron chi connectivity index (χ4n) is 2.12. The van der Waals surface area contributed by atoms with Crippen LogP contribution in [0.2, 0.25) is 0 Å². The molecule has 1 fully saturated rings. The number of rotatable bonds is 2. The van der Waals surface area contributed by atoms with Gasteiger partial charge < -0.3 is 10.4 Å². The van der Waals surface area contributed by atoms with Crippen molar-refractivity contribution in [3.63, 3.8) is 0 Å². The highest BCUT2D eigenvalue weighted by molar-refractivity contribution is 5.70. The Morgan fingerprint density at radius 3 is 2.67 bits per heavy atom. The van der Waals surface area contributed by atoms with Crippen molar-refractivity contribution in [2.75, 3.05) is 13.1 Å². The molecule has 0 radical (unpaired) electrons. The van der Waals surface area contributed by atoms with E-state index in [1.54, 1.807) is 0 Å². The van der Waals surface area contributed by atoms with E-state index in [1.165, 1.54) is 0 Å². The quantitative estimate of drug-likeness (QED) is 0.650. The summed E-state index contributed by atoms with van der Waals surface area (Å²) in [5, 5.41) is 12.1. The maximum atomic E-state index is 10.8. The fourth-order valence-corrected chi connectivity index (χ4v) is 2.12. The van der Waals surface area contributed by atoms with E-state index in [-0.39, 0.29) is 5.92 Å². The lowest BCUT2D eigenvalue weighted by Crippen LogP contribution is -2.45. The molecule has 3 nitrogen and oxygen atoms in total. The van der Waals surface area contributed by atoms with Gasteiger partial charge in [0.2, 0.25) is 0 Å². The summed E-state index contributed by atoms with van der Waals surface area (Å²) in [5.41, 5.74) is 0. The van der Waals surface area contributed by atoms with Gasteiger partial charge in [0.25, 0.3) is 0 Å². The second kappa shape index (κ2) is 3.90. The molecule has 0 spiro atoms. The van der Waals surface area contributed by atoms with Gasteiger partial charge in [0.15, 0.2) is 0 Å². The summed E-state index contributed by atoms with van der Waals surface area (Å²) in [6, 6.07) is 0. The summed E-state index contributed by atoms with van der Waals surface area (Å²) in [4.78, 5) is 10.8. The lowest BCUT2D eigenvalue weighted by atomic mass is 9.78. The molecule has 1 aliphatic rings. The number of hydrogen-bond donors (Lipinski definition) is 2. The van der Waals surface area contributed by atoms with Gasteiger partial charge in [-0.25, -0.2) is 0 Å². The number of hydrogen-bond acceptors (Lipinski definition) is 2. The van der Waals surface area contributed by atoms with Crippen molar-refractivity contribution < 1.29 is 9.90 Å². The molecule has 1 rings (SSSR count). The molecule has 1 saturated heterocycles. The molecule has 0 aliphatic carbocycles. The van der Waals surface area contributed by atoms with Crippen LogP contribution >= 0.6 is 0 Å². The zero-order valence-electron chi connectivity index (χ0n) is 7.71. The third-order valence-electron chi connectivity index (χ3n) is 2.87. The number of aliphatic carboxylic acids is 1. The fraction of sp³-hybridized carbons (Fsp3) is 0.889. The Labute approximate surface area is 73.2 Å². The van der Waals surface area contributed by atoms with Gasteiger partial charge in [-0.2, -0.15) is 0 Å². The first-order valence-electron chi connectivity index (χ1n) is 4.60. The van der Waals surface area contributed by atoms with E-state index in [0.717, 1.165) is 13.0 Å². The third-order valence-corrected chi connectivity index (χ3v) is 2.87. The van der Waals surface area contributed by atoms with Gasteiger partial charge in [-0.3, -0.25) is 4.79 Å². The molecule has 1 aliphatic heterocycles. The summed E-state index contributed by atoms with van der Waals surface area (Å²) >= 11 is 0. The van der Waals surface area contributed by atoms with Gasteiger partial charge in [0, 0.05) is 6.54 Å². The van der Waals surface area contributed by atoms with Crippen molar-refractivity contribution in [1.29, 1.82) is 0 Å². The minimum Gasteiger partial charge on any atom is -0.481 e. The smallest absolute Gasteiger partial charge is 0.308 e. The van der Waals surface area contributed by atoms with Crippen LogP contribution in [0, 0.1) is 17.8 Å². The van der Waals surface area contributed by atoms with Crippen LogP contribution < -0.4 is 5.32 Å². The van der Waals surface area contributed by atoms with E-state index >= 15 is 0 Å². The van der Waals surface area contributed by atoms with Crippen molar-refractivity contribution >= 4 is 5.97 Å². The molecule has 3 unspecified atom stereocenters. The number of carbonyl (C=O) groups is 1. The maximum absolute atomic E-state index is 10.8. The average molecular weight is 171 g/mol. The van der Waals surface area contributed by atoms with E-state index in [4.69, 9.17) is 5.11 Å². The molecule has 12 heavy (non-hydrogen) atoms. The van der Waals surface area contributed by atoms with Crippen LogP contribution in [0.3, 0.4) is 0 Å². The molecule has 0 saturated carbocycles. The zero-order chi connectivity index (χ0) is 9.14. The van der Waals surface area contributed by atoms with Crippen LogP contribution in [-0.2, 0) is 4.79 Å². The molecule has 2 N–H and O–H groups in total. The Hall–Kier alpha value is -0.570. The summed E-state index contributed by atoms with van der Waals surface area (Å²) < 4.78 is 0. The van der Waals surface area contributed by atoms with Crippen LogP contribution in [0.1, 0.15) is 20.3 Å². The Bertz CT molecular complexity index is 170. The van der Waals surface area contributed by atoms with E-state index in [9.17, 15) is 4.79 Å². The third kappa shape index (κ3) is 1.78. The molecule has 3 atom stereocenters. The molecule has 0 aromatic carbocycles. The van der Waals surface area contributed by atoms with Crippen molar-refractivity contribution in [2.24, 2.45) is 17.8 Å². The van der Waals surface area contributed by atoms with Crippen molar-refractivity contribution in [3.05, 3.63) is 0 Å². The molecule has 1 heterocycles. The molecule has 0 amide bonds. The molecule has 70 valence electrons. The molecule has 0 bridgehead atoms. The van der Waals surface area contributed by atoms with Crippen molar-refractivity contribution in [1.82, 2.24) is 5.32 Å². The predicted molar refractivity (Wildman–Crippen MR) is 46.9 cm³/mol. The highest BCUT2D eigenvalue weighted by atomic mass is 16.4. The second-order valence-corrected chi connectivity index (χ2v) is 3.65. The Morgan fingerprint density at radius 2 is 2.25 bits per heavy atom. The van der Waals surface area contributed by atoms with Crippen LogP contribution in [-0.4, -0.2) is 24.2 Å². The van der Waals surface area contributed by atoms with E-state index in [1.807, 2.05) is 0 Å². The van der Waals surface area contributed by atoms with Gasteiger partial charge in [0.1, 0.15) is 0 Å². The summed E-state index contributed by atoms with van der Waals surface area (Å²) in [6.07, 6.45) is 0.972. The normalized spacial score (nSPS) is 36.3. The zero-order valence-corrected chi connectivity index (χ0v) is 7.71. The van der Waals surface area contributed by atoms with Gasteiger partial charge in [-0.05, 0) is 18.4 Å². The lowest BCUT2D eigenvalue weighted by molar-refractivity contribution is -0.145. The minimum absolute atomic E-state index is 0.182. The molecule has 0 aromatic rings. The second-order valence-electron chi connectivity index (χ2n) is 3.65. The Kier molecular flexibility index (Phi) is 3.09. The van der Waals surface area contributed by atoms with Crippen molar-refractivity contribution in [2.45, 2.75) is 20.3 Å². The van der Waals surface area contributed by atoms with E-state index < -0.39 is 5.97 Å². The predicted octanol–water partition coefficient (Wildman–Crippen LogP) is 0.953. The molecule has 0 aromatic heterocycles. The SMILES string of the molecule is CCC1C(C)CNCC1C(=O)O. The first-order valence-corrected chi connectivity index (χ1v) is 4.60. The number of carboxylic acids is 1.